The van der Waals surface area contributed by atoms with Gasteiger partial charge in [0.2, 0.25) is 0 Å². The molecular weight excluding hydrogens is 168 g/mol. The van der Waals surface area contributed by atoms with Crippen molar-refractivity contribution in [3.05, 3.63) is 0 Å². The molecule has 0 aliphatic heterocycles. The Bertz CT molecular complexity index is 210. The fourth-order valence-corrected chi connectivity index (χ4v) is 4.41. The summed E-state index contributed by atoms with van der Waals surface area (Å²) in [5.41, 5.74) is 1.55. The van der Waals surface area contributed by atoms with E-state index in [4.69, 9.17) is 0 Å². The Morgan fingerprint density at radius 1 is 1.14 bits per heavy atom. The lowest BCUT2D eigenvalue weighted by Crippen LogP contribution is -2.42. The summed E-state index contributed by atoms with van der Waals surface area (Å²) in [4.78, 5) is 0. The van der Waals surface area contributed by atoms with E-state index in [1.54, 1.807) is 0 Å². The van der Waals surface area contributed by atoms with Crippen LogP contribution in [-0.4, -0.2) is 0 Å². The van der Waals surface area contributed by atoms with E-state index in [-0.39, 0.29) is 0 Å². The maximum atomic E-state index is 2.52. The standard InChI is InChI=1S/C14H26/c1-5-6-11(2)12(3)14-8-7-13(4,9-14)10-14/h11-12H,5-10H2,1-4H3. The maximum Gasteiger partial charge on any atom is -0.0259 e. The van der Waals surface area contributed by atoms with Crippen molar-refractivity contribution in [1.82, 2.24) is 0 Å². The van der Waals surface area contributed by atoms with Gasteiger partial charge in [-0.2, -0.15) is 0 Å². The minimum Gasteiger partial charge on any atom is -0.0654 e. The zero-order valence-electron chi connectivity index (χ0n) is 10.4. The molecule has 2 bridgehead atoms. The number of rotatable bonds is 4. The SMILES string of the molecule is CCCC(C)C(C)C12CCC(C)(C1)C2. The summed E-state index contributed by atoms with van der Waals surface area (Å²) in [6.45, 7) is 9.80. The summed E-state index contributed by atoms with van der Waals surface area (Å²) >= 11 is 0. The second-order valence-corrected chi connectivity index (χ2v) is 6.58. The molecule has 0 aromatic carbocycles. The number of fused-ring (bicyclic) bond motifs is 1. The first-order valence-corrected chi connectivity index (χ1v) is 6.51. The van der Waals surface area contributed by atoms with Gasteiger partial charge in [-0.25, -0.2) is 0 Å². The molecule has 0 heteroatoms. The van der Waals surface area contributed by atoms with Crippen molar-refractivity contribution in [2.24, 2.45) is 22.7 Å². The Labute approximate surface area is 89.5 Å². The van der Waals surface area contributed by atoms with E-state index < -0.39 is 0 Å². The molecule has 3 aliphatic rings. The van der Waals surface area contributed by atoms with Gasteiger partial charge in [0.1, 0.15) is 0 Å². The maximum absolute atomic E-state index is 2.52. The van der Waals surface area contributed by atoms with E-state index in [2.05, 4.69) is 27.7 Å². The fraction of sp³-hybridized carbons (Fsp3) is 1.00. The molecule has 3 aliphatic carbocycles. The molecule has 3 fully saturated rings. The van der Waals surface area contributed by atoms with Gasteiger partial charge >= 0.3 is 0 Å². The van der Waals surface area contributed by atoms with Crippen LogP contribution in [0.3, 0.4) is 0 Å². The lowest BCUT2D eigenvalue weighted by Gasteiger charge is -2.51. The second-order valence-electron chi connectivity index (χ2n) is 6.58. The summed E-state index contributed by atoms with van der Waals surface area (Å²) in [5, 5.41) is 0. The zero-order valence-corrected chi connectivity index (χ0v) is 10.4. The fourth-order valence-electron chi connectivity index (χ4n) is 4.41. The minimum atomic E-state index is 0.764. The molecule has 0 saturated heterocycles. The Kier molecular flexibility index (Phi) is 2.44. The third-order valence-corrected chi connectivity index (χ3v) is 5.35. The second kappa shape index (κ2) is 3.25. The summed E-state index contributed by atoms with van der Waals surface area (Å²) in [7, 11) is 0. The Balaban J connectivity index is 1.96. The topological polar surface area (TPSA) is 0 Å². The van der Waals surface area contributed by atoms with Crippen LogP contribution in [0.4, 0.5) is 0 Å². The first-order chi connectivity index (χ1) is 6.51. The molecule has 2 atom stereocenters. The van der Waals surface area contributed by atoms with Crippen LogP contribution in [0.5, 0.6) is 0 Å². The Hall–Kier alpha value is 0. The molecule has 0 radical (unpaired) electrons. The van der Waals surface area contributed by atoms with Crippen molar-refractivity contribution in [3.63, 3.8) is 0 Å². The van der Waals surface area contributed by atoms with Gasteiger partial charge < -0.3 is 0 Å². The van der Waals surface area contributed by atoms with Crippen LogP contribution in [0.1, 0.15) is 66.2 Å². The summed E-state index contributed by atoms with van der Waals surface area (Å²) < 4.78 is 0. The predicted molar refractivity (Wildman–Crippen MR) is 62.2 cm³/mol. The monoisotopic (exact) mass is 194 g/mol. The normalized spacial score (nSPS) is 44.6. The third kappa shape index (κ3) is 1.42. The van der Waals surface area contributed by atoms with Crippen LogP contribution in [0.2, 0.25) is 0 Å². The first kappa shape index (κ1) is 10.5. The van der Waals surface area contributed by atoms with E-state index >= 15 is 0 Å². The van der Waals surface area contributed by atoms with Gasteiger partial charge in [0.15, 0.2) is 0 Å². The quantitative estimate of drug-likeness (QED) is 0.611. The van der Waals surface area contributed by atoms with Crippen molar-refractivity contribution >= 4 is 0 Å². The Morgan fingerprint density at radius 3 is 2.21 bits per heavy atom. The number of hydrogen-bond acceptors (Lipinski definition) is 0. The molecule has 14 heavy (non-hydrogen) atoms. The van der Waals surface area contributed by atoms with Gasteiger partial charge in [0.25, 0.3) is 0 Å². The lowest BCUT2D eigenvalue weighted by atomic mass is 9.54. The van der Waals surface area contributed by atoms with E-state index in [0.29, 0.717) is 0 Å². The average Bonchev–Trinajstić information content (AvgIpc) is 2.58. The van der Waals surface area contributed by atoms with Crippen molar-refractivity contribution < 1.29 is 0 Å². The lowest BCUT2D eigenvalue weighted by molar-refractivity contribution is -0.0123. The molecule has 0 spiro atoms. The highest BCUT2D eigenvalue weighted by Crippen LogP contribution is 2.70. The molecule has 0 heterocycles. The summed E-state index contributed by atoms with van der Waals surface area (Å²) in [5.74, 6) is 1.92. The van der Waals surface area contributed by atoms with Gasteiger partial charge in [-0.3, -0.25) is 0 Å². The molecule has 0 nitrogen and oxygen atoms in total. The van der Waals surface area contributed by atoms with Crippen LogP contribution in [0, 0.1) is 22.7 Å². The molecule has 0 N–H and O–H groups in total. The highest BCUT2D eigenvalue weighted by molar-refractivity contribution is 5.10. The van der Waals surface area contributed by atoms with E-state index in [1.165, 1.54) is 38.5 Å². The van der Waals surface area contributed by atoms with Crippen molar-refractivity contribution in [2.75, 3.05) is 0 Å². The molecular formula is C14H26. The van der Waals surface area contributed by atoms with Gasteiger partial charge in [-0.15, -0.1) is 0 Å². The van der Waals surface area contributed by atoms with Gasteiger partial charge in [-0.1, -0.05) is 40.5 Å². The molecule has 3 rings (SSSR count). The van der Waals surface area contributed by atoms with Crippen LogP contribution < -0.4 is 0 Å². The molecule has 0 aromatic rings. The number of hydrogen-bond donors (Lipinski definition) is 0. The van der Waals surface area contributed by atoms with Gasteiger partial charge in [-0.05, 0) is 48.3 Å². The van der Waals surface area contributed by atoms with E-state index in [0.717, 1.165) is 22.7 Å². The highest BCUT2D eigenvalue weighted by Gasteiger charge is 2.60. The molecule has 0 aromatic heterocycles. The minimum absolute atomic E-state index is 0.764. The molecule has 3 saturated carbocycles. The van der Waals surface area contributed by atoms with E-state index in [1.807, 2.05) is 0 Å². The van der Waals surface area contributed by atoms with Crippen LogP contribution >= 0.6 is 0 Å². The molecule has 2 unspecified atom stereocenters. The predicted octanol–water partition coefficient (Wildman–Crippen LogP) is 4.64. The van der Waals surface area contributed by atoms with Gasteiger partial charge in [0.05, 0.1) is 0 Å². The Morgan fingerprint density at radius 2 is 1.79 bits per heavy atom. The van der Waals surface area contributed by atoms with Crippen molar-refractivity contribution in [1.29, 1.82) is 0 Å². The van der Waals surface area contributed by atoms with Crippen LogP contribution in [0.25, 0.3) is 0 Å². The summed E-state index contributed by atoms with van der Waals surface area (Å²) in [6.07, 6.45) is 8.90. The smallest absolute Gasteiger partial charge is 0.0259 e. The third-order valence-electron chi connectivity index (χ3n) is 5.35. The van der Waals surface area contributed by atoms with Crippen LogP contribution in [0.15, 0.2) is 0 Å². The van der Waals surface area contributed by atoms with Crippen LogP contribution in [-0.2, 0) is 0 Å². The van der Waals surface area contributed by atoms with Crippen molar-refractivity contribution in [2.45, 2.75) is 66.2 Å². The summed E-state index contributed by atoms with van der Waals surface area (Å²) in [6, 6.07) is 0. The van der Waals surface area contributed by atoms with E-state index in [9.17, 15) is 0 Å². The zero-order chi connectivity index (χ0) is 10.4. The first-order valence-electron chi connectivity index (χ1n) is 6.51. The molecule has 82 valence electrons. The highest BCUT2D eigenvalue weighted by atomic mass is 14.6. The average molecular weight is 194 g/mol. The largest absolute Gasteiger partial charge is 0.0654 e. The van der Waals surface area contributed by atoms with Gasteiger partial charge in [0, 0.05) is 0 Å². The van der Waals surface area contributed by atoms with Crippen molar-refractivity contribution in [3.8, 4) is 0 Å². The molecule has 0 amide bonds.